The molecular weight excluding hydrogens is 344 g/mol. The van der Waals surface area contributed by atoms with Gasteiger partial charge in [-0.15, -0.1) is 0 Å². The van der Waals surface area contributed by atoms with Crippen molar-refractivity contribution in [3.63, 3.8) is 0 Å². The van der Waals surface area contributed by atoms with E-state index in [4.69, 9.17) is 9.47 Å². The number of nitro groups is 1. The van der Waals surface area contributed by atoms with E-state index in [9.17, 15) is 15.4 Å². The van der Waals surface area contributed by atoms with Crippen molar-refractivity contribution in [2.24, 2.45) is 0 Å². The molecule has 0 radical (unpaired) electrons. The van der Waals surface area contributed by atoms with Gasteiger partial charge in [-0.05, 0) is 34.5 Å². The lowest BCUT2D eigenvalue weighted by Crippen LogP contribution is -1.97. The molecule has 0 fully saturated rings. The van der Waals surface area contributed by atoms with Crippen molar-refractivity contribution in [1.82, 2.24) is 0 Å². The number of nitrogens with zero attached hydrogens (tertiary/aromatic N) is 2. The van der Waals surface area contributed by atoms with Crippen LogP contribution in [-0.4, -0.2) is 19.1 Å². The van der Waals surface area contributed by atoms with Gasteiger partial charge in [0, 0.05) is 0 Å². The smallest absolute Gasteiger partial charge is 0.280 e. The number of hydrogen-bond donors (Lipinski definition) is 0. The fourth-order valence-electron chi connectivity index (χ4n) is 2.85. The molecule has 0 heterocycles. The molecule has 6 nitrogen and oxygen atoms in total. The molecule has 0 unspecified atom stereocenters. The van der Waals surface area contributed by atoms with Crippen LogP contribution in [0, 0.1) is 21.4 Å². The molecule has 0 aromatic heterocycles. The highest BCUT2D eigenvalue weighted by atomic mass is 16.6. The van der Waals surface area contributed by atoms with E-state index in [-0.39, 0.29) is 17.0 Å². The topological polar surface area (TPSA) is 85.4 Å². The first-order valence-electron chi connectivity index (χ1n) is 8.08. The summed E-state index contributed by atoms with van der Waals surface area (Å²) in [4.78, 5) is 11.0. The molecule has 0 spiro atoms. The second-order valence-electron chi connectivity index (χ2n) is 5.75. The van der Waals surface area contributed by atoms with Crippen molar-refractivity contribution in [3.05, 3.63) is 75.8 Å². The first-order valence-corrected chi connectivity index (χ1v) is 8.08. The third-order valence-electron chi connectivity index (χ3n) is 4.21. The number of hydrogen-bond acceptors (Lipinski definition) is 5. The van der Waals surface area contributed by atoms with E-state index in [0.29, 0.717) is 16.9 Å². The number of fused-ring (bicyclic) bond motifs is 1. The molecule has 27 heavy (non-hydrogen) atoms. The number of nitriles is 1. The van der Waals surface area contributed by atoms with Crippen LogP contribution in [0.5, 0.6) is 11.5 Å². The summed E-state index contributed by atoms with van der Waals surface area (Å²) in [5.41, 5.74) is 1.10. The highest BCUT2D eigenvalue weighted by molar-refractivity contribution is 5.95. The zero-order valence-electron chi connectivity index (χ0n) is 14.8. The predicted octanol–water partition coefficient (Wildman–Crippen LogP) is 4.83. The second kappa shape index (κ2) is 7.58. The fraction of sp³-hybridized carbons (Fsp3) is 0.0952. The van der Waals surface area contributed by atoms with Gasteiger partial charge in [0.1, 0.15) is 0 Å². The van der Waals surface area contributed by atoms with Gasteiger partial charge in [0.2, 0.25) is 0 Å². The molecule has 0 amide bonds. The Kier molecular flexibility index (Phi) is 5.04. The average Bonchev–Trinajstić information content (AvgIpc) is 2.70. The van der Waals surface area contributed by atoms with E-state index in [1.807, 2.05) is 42.5 Å². The van der Waals surface area contributed by atoms with Crippen LogP contribution in [0.25, 0.3) is 22.4 Å². The van der Waals surface area contributed by atoms with Gasteiger partial charge in [0.25, 0.3) is 5.69 Å². The Bertz CT molecular complexity index is 1100. The first kappa shape index (κ1) is 18.0. The lowest BCUT2D eigenvalue weighted by molar-refractivity contribution is -0.385. The number of benzene rings is 3. The molecule has 3 aromatic carbocycles. The maximum atomic E-state index is 11.5. The molecule has 0 aliphatic heterocycles. The van der Waals surface area contributed by atoms with E-state index in [1.54, 1.807) is 0 Å². The molecule has 0 bridgehead atoms. The summed E-state index contributed by atoms with van der Waals surface area (Å²) in [7, 11) is 2.86. The quantitative estimate of drug-likeness (QED) is 0.281. The van der Waals surface area contributed by atoms with Crippen molar-refractivity contribution in [2.75, 3.05) is 14.2 Å². The molecule has 0 atom stereocenters. The Morgan fingerprint density at radius 2 is 1.70 bits per heavy atom. The lowest BCUT2D eigenvalue weighted by atomic mass is 9.99. The molecule has 3 aromatic rings. The number of methoxy groups -OCH3 is 2. The second-order valence-corrected chi connectivity index (χ2v) is 5.75. The van der Waals surface area contributed by atoms with Crippen LogP contribution in [0.2, 0.25) is 0 Å². The highest BCUT2D eigenvalue weighted by Crippen LogP contribution is 2.36. The summed E-state index contributed by atoms with van der Waals surface area (Å²) in [6.07, 6.45) is 1.49. The Morgan fingerprint density at radius 3 is 2.33 bits per heavy atom. The number of ether oxygens (including phenoxy) is 2. The third-order valence-corrected chi connectivity index (χ3v) is 4.21. The summed E-state index contributed by atoms with van der Waals surface area (Å²) in [6.45, 7) is 0. The van der Waals surface area contributed by atoms with Crippen molar-refractivity contribution in [3.8, 4) is 17.6 Å². The largest absolute Gasteiger partial charge is 0.493 e. The zero-order valence-corrected chi connectivity index (χ0v) is 14.8. The summed E-state index contributed by atoms with van der Waals surface area (Å²) in [5.74, 6) is 0.607. The van der Waals surface area contributed by atoms with Gasteiger partial charge in [0.05, 0.1) is 42.4 Å². The Morgan fingerprint density at radius 1 is 1.04 bits per heavy atom. The molecule has 3 rings (SSSR count). The van der Waals surface area contributed by atoms with Crippen molar-refractivity contribution in [2.45, 2.75) is 0 Å². The highest BCUT2D eigenvalue weighted by Gasteiger charge is 2.19. The van der Waals surface area contributed by atoms with Crippen LogP contribution >= 0.6 is 0 Å². The van der Waals surface area contributed by atoms with Gasteiger partial charge in [0.15, 0.2) is 11.5 Å². The Balaban J connectivity index is 2.17. The summed E-state index contributed by atoms with van der Waals surface area (Å²) >= 11 is 0. The minimum atomic E-state index is -0.511. The van der Waals surface area contributed by atoms with Gasteiger partial charge in [-0.3, -0.25) is 10.1 Å². The molecule has 0 aliphatic carbocycles. The predicted molar refractivity (Wildman–Crippen MR) is 104 cm³/mol. The standard InChI is InChI=1S/C21H16N2O4/c1-26-20-11-17(19(23(24)25)12-21(20)27-2)10-18(13-22)16-8-7-14-5-3-4-6-15(14)9-16/h3-12H,1-2H3/b18-10-. The number of allylic oxidation sites excluding steroid dienone is 1. The van der Waals surface area contributed by atoms with Crippen LogP contribution in [0.15, 0.2) is 54.6 Å². The van der Waals surface area contributed by atoms with E-state index >= 15 is 0 Å². The van der Waals surface area contributed by atoms with Gasteiger partial charge in [-0.25, -0.2) is 0 Å². The molecule has 134 valence electrons. The van der Waals surface area contributed by atoms with Crippen molar-refractivity contribution < 1.29 is 14.4 Å². The molecule has 0 saturated carbocycles. The average molecular weight is 360 g/mol. The number of rotatable bonds is 5. The van der Waals surface area contributed by atoms with Crippen LogP contribution in [0.4, 0.5) is 5.69 Å². The number of nitro benzene ring substituents is 1. The van der Waals surface area contributed by atoms with Gasteiger partial charge in [-0.1, -0.05) is 36.4 Å². The molecule has 6 heteroatoms. The fourth-order valence-corrected chi connectivity index (χ4v) is 2.85. The lowest BCUT2D eigenvalue weighted by Gasteiger charge is -2.09. The minimum absolute atomic E-state index is 0.166. The Hall–Kier alpha value is -3.85. The monoisotopic (exact) mass is 360 g/mol. The molecule has 0 N–H and O–H groups in total. The minimum Gasteiger partial charge on any atom is -0.493 e. The van der Waals surface area contributed by atoms with Crippen LogP contribution in [-0.2, 0) is 0 Å². The first-order chi connectivity index (χ1) is 13.1. The van der Waals surface area contributed by atoms with Crippen LogP contribution in [0.1, 0.15) is 11.1 Å². The van der Waals surface area contributed by atoms with Gasteiger partial charge < -0.3 is 9.47 Å². The molecule has 0 aliphatic rings. The van der Waals surface area contributed by atoms with E-state index < -0.39 is 4.92 Å². The van der Waals surface area contributed by atoms with Crippen molar-refractivity contribution >= 4 is 28.1 Å². The summed E-state index contributed by atoms with van der Waals surface area (Å²) < 4.78 is 10.4. The van der Waals surface area contributed by atoms with E-state index in [2.05, 4.69) is 6.07 Å². The van der Waals surface area contributed by atoms with E-state index in [0.717, 1.165) is 10.8 Å². The maximum absolute atomic E-state index is 11.5. The normalized spacial score (nSPS) is 11.1. The van der Waals surface area contributed by atoms with Crippen molar-refractivity contribution in [1.29, 1.82) is 5.26 Å². The molecule has 0 saturated heterocycles. The van der Waals surface area contributed by atoms with Crippen LogP contribution in [0.3, 0.4) is 0 Å². The third kappa shape index (κ3) is 3.58. The van der Waals surface area contributed by atoms with Gasteiger partial charge in [-0.2, -0.15) is 5.26 Å². The summed E-state index contributed by atoms with van der Waals surface area (Å²) in [5, 5.41) is 23.1. The maximum Gasteiger partial charge on any atom is 0.280 e. The SMILES string of the molecule is COc1cc(/C=C(/C#N)c2ccc3ccccc3c2)c([N+](=O)[O-])cc1OC. The molecular formula is C21H16N2O4. The van der Waals surface area contributed by atoms with Crippen LogP contribution < -0.4 is 9.47 Å². The van der Waals surface area contributed by atoms with Gasteiger partial charge >= 0.3 is 0 Å². The summed E-state index contributed by atoms with van der Waals surface area (Å²) in [6, 6.07) is 18.3. The van der Waals surface area contributed by atoms with E-state index in [1.165, 1.54) is 32.4 Å². The zero-order chi connectivity index (χ0) is 19.4. The Labute approximate surface area is 156 Å².